The normalized spacial score (nSPS) is 10.9. The Bertz CT molecular complexity index is 520. The summed E-state index contributed by atoms with van der Waals surface area (Å²) in [6, 6.07) is 8.53. The third-order valence-corrected chi connectivity index (χ3v) is 3.00. The third-order valence-electron chi connectivity index (χ3n) is 3.00. The highest BCUT2D eigenvalue weighted by Gasteiger charge is 2.07. The lowest BCUT2D eigenvalue weighted by atomic mass is 10.2. The van der Waals surface area contributed by atoms with Crippen LogP contribution < -0.4 is 10.1 Å². The van der Waals surface area contributed by atoms with Crippen LogP contribution in [-0.2, 0) is 13.1 Å². The molecule has 19 heavy (non-hydrogen) atoms. The summed E-state index contributed by atoms with van der Waals surface area (Å²) in [7, 11) is 1.70. The van der Waals surface area contributed by atoms with Crippen molar-refractivity contribution in [1.29, 1.82) is 0 Å². The molecule has 0 atom stereocenters. The van der Waals surface area contributed by atoms with Gasteiger partial charge >= 0.3 is 0 Å². The van der Waals surface area contributed by atoms with E-state index >= 15 is 0 Å². The molecule has 0 amide bonds. The van der Waals surface area contributed by atoms with E-state index < -0.39 is 0 Å². The second kappa shape index (κ2) is 6.38. The molecule has 1 N–H and O–H groups in total. The highest BCUT2D eigenvalue weighted by molar-refractivity contribution is 5.33. The van der Waals surface area contributed by atoms with Gasteiger partial charge in [0, 0.05) is 24.0 Å². The maximum atomic E-state index is 5.38. The van der Waals surface area contributed by atoms with Crippen molar-refractivity contribution in [3.05, 3.63) is 48.0 Å². The zero-order chi connectivity index (χ0) is 13.7. The van der Waals surface area contributed by atoms with Crippen molar-refractivity contribution in [2.75, 3.05) is 7.11 Å². The Labute approximate surface area is 114 Å². The summed E-state index contributed by atoms with van der Waals surface area (Å²) in [5.74, 6) is 1.96. The first-order chi connectivity index (χ1) is 9.20. The molecule has 2 aromatic rings. The van der Waals surface area contributed by atoms with Gasteiger partial charge < -0.3 is 14.6 Å². The van der Waals surface area contributed by atoms with Crippen LogP contribution in [0, 0.1) is 0 Å². The van der Waals surface area contributed by atoms with Gasteiger partial charge in [-0.1, -0.05) is 32.0 Å². The lowest BCUT2D eigenvalue weighted by molar-refractivity contribution is 0.408. The molecular weight excluding hydrogens is 238 g/mol. The van der Waals surface area contributed by atoms with E-state index in [0.717, 1.165) is 30.2 Å². The third kappa shape index (κ3) is 3.58. The molecule has 0 aliphatic carbocycles. The monoisotopic (exact) mass is 259 g/mol. The molecule has 102 valence electrons. The Morgan fingerprint density at radius 2 is 2.11 bits per heavy atom. The van der Waals surface area contributed by atoms with Crippen molar-refractivity contribution in [3.63, 3.8) is 0 Å². The molecule has 0 unspecified atom stereocenters. The van der Waals surface area contributed by atoms with Gasteiger partial charge in [-0.25, -0.2) is 4.98 Å². The zero-order valence-electron chi connectivity index (χ0n) is 11.8. The average Bonchev–Trinajstić information content (AvgIpc) is 2.84. The smallest absolute Gasteiger partial charge is 0.123 e. The molecular formula is C15H21N3O. The molecule has 0 saturated carbocycles. The summed E-state index contributed by atoms with van der Waals surface area (Å²) in [6.07, 6.45) is 3.84. The predicted octanol–water partition coefficient (Wildman–Crippen LogP) is 2.44. The van der Waals surface area contributed by atoms with E-state index in [1.165, 1.54) is 0 Å². The zero-order valence-corrected chi connectivity index (χ0v) is 11.8. The number of benzene rings is 1. The highest BCUT2D eigenvalue weighted by Crippen LogP contribution is 2.18. The van der Waals surface area contributed by atoms with Crippen LogP contribution in [0.5, 0.6) is 5.75 Å². The first-order valence-electron chi connectivity index (χ1n) is 6.56. The first-order valence-corrected chi connectivity index (χ1v) is 6.56. The van der Waals surface area contributed by atoms with Crippen LogP contribution in [0.25, 0.3) is 0 Å². The Morgan fingerprint density at radius 3 is 2.84 bits per heavy atom. The van der Waals surface area contributed by atoms with Crippen molar-refractivity contribution < 1.29 is 4.74 Å². The summed E-state index contributed by atoms with van der Waals surface area (Å²) in [5.41, 5.74) is 1.16. The number of hydrogen-bond acceptors (Lipinski definition) is 3. The molecule has 4 nitrogen and oxygen atoms in total. The van der Waals surface area contributed by atoms with Crippen LogP contribution >= 0.6 is 0 Å². The second-order valence-corrected chi connectivity index (χ2v) is 4.82. The molecule has 0 saturated heterocycles. The van der Waals surface area contributed by atoms with E-state index in [9.17, 15) is 0 Å². The molecule has 0 aliphatic rings. The summed E-state index contributed by atoms with van der Waals surface area (Å²) in [4.78, 5) is 4.40. The van der Waals surface area contributed by atoms with E-state index in [-0.39, 0.29) is 0 Å². The topological polar surface area (TPSA) is 39.1 Å². The molecule has 1 aromatic heterocycles. The molecule has 0 spiro atoms. The fourth-order valence-corrected chi connectivity index (χ4v) is 1.96. The number of methoxy groups -OCH3 is 1. The molecule has 4 heteroatoms. The highest BCUT2D eigenvalue weighted by atomic mass is 16.5. The number of aromatic nitrogens is 2. The predicted molar refractivity (Wildman–Crippen MR) is 76.3 cm³/mol. The number of nitrogens with one attached hydrogen (secondary N) is 1. The summed E-state index contributed by atoms with van der Waals surface area (Å²) < 4.78 is 7.53. The van der Waals surface area contributed by atoms with Gasteiger partial charge in [0.25, 0.3) is 0 Å². The minimum absolute atomic E-state index is 0.455. The van der Waals surface area contributed by atoms with Crippen LogP contribution in [0.2, 0.25) is 0 Å². The summed E-state index contributed by atoms with van der Waals surface area (Å²) >= 11 is 0. The van der Waals surface area contributed by atoms with E-state index in [2.05, 4.69) is 34.8 Å². The molecule has 1 heterocycles. The van der Waals surface area contributed by atoms with Crippen LogP contribution in [-0.4, -0.2) is 22.7 Å². The summed E-state index contributed by atoms with van der Waals surface area (Å²) in [5, 5.41) is 3.39. The van der Waals surface area contributed by atoms with Gasteiger partial charge in [0.1, 0.15) is 11.6 Å². The van der Waals surface area contributed by atoms with Gasteiger partial charge in [-0.15, -0.1) is 0 Å². The lowest BCUT2D eigenvalue weighted by Gasteiger charge is -2.13. The standard InChI is InChI=1S/C15H21N3O/c1-12(2)17-10-15-16-8-9-18(15)11-13-6-4-5-7-14(13)19-3/h4-9,12,17H,10-11H2,1-3H3. The van der Waals surface area contributed by atoms with Crippen molar-refractivity contribution in [3.8, 4) is 5.75 Å². The number of imidazole rings is 1. The molecule has 2 rings (SSSR count). The Kier molecular flexibility index (Phi) is 4.58. The van der Waals surface area contributed by atoms with E-state index in [1.54, 1.807) is 7.11 Å². The van der Waals surface area contributed by atoms with Gasteiger partial charge in [-0.2, -0.15) is 0 Å². The van der Waals surface area contributed by atoms with E-state index in [0.29, 0.717) is 6.04 Å². The first kappa shape index (κ1) is 13.6. The Morgan fingerprint density at radius 1 is 1.32 bits per heavy atom. The largest absolute Gasteiger partial charge is 0.496 e. The number of ether oxygens (including phenoxy) is 1. The van der Waals surface area contributed by atoms with Gasteiger partial charge in [-0.05, 0) is 6.07 Å². The van der Waals surface area contributed by atoms with Crippen LogP contribution in [0.3, 0.4) is 0 Å². The van der Waals surface area contributed by atoms with Crippen molar-refractivity contribution >= 4 is 0 Å². The average molecular weight is 259 g/mol. The molecule has 0 radical (unpaired) electrons. The van der Waals surface area contributed by atoms with Gasteiger partial charge in [0.2, 0.25) is 0 Å². The number of hydrogen-bond donors (Lipinski definition) is 1. The minimum atomic E-state index is 0.455. The van der Waals surface area contributed by atoms with Gasteiger partial charge in [0.15, 0.2) is 0 Å². The summed E-state index contributed by atoms with van der Waals surface area (Å²) in [6.45, 7) is 5.82. The maximum Gasteiger partial charge on any atom is 0.123 e. The van der Waals surface area contributed by atoms with Crippen LogP contribution in [0.4, 0.5) is 0 Å². The lowest BCUT2D eigenvalue weighted by Crippen LogP contribution is -2.24. The Hall–Kier alpha value is -1.81. The quantitative estimate of drug-likeness (QED) is 0.866. The fraction of sp³-hybridized carbons (Fsp3) is 0.400. The van der Waals surface area contributed by atoms with Crippen molar-refractivity contribution in [2.24, 2.45) is 0 Å². The van der Waals surface area contributed by atoms with Crippen LogP contribution in [0.1, 0.15) is 25.2 Å². The number of para-hydroxylation sites is 1. The number of rotatable bonds is 6. The minimum Gasteiger partial charge on any atom is -0.496 e. The maximum absolute atomic E-state index is 5.38. The SMILES string of the molecule is COc1ccccc1Cn1ccnc1CNC(C)C. The fourth-order valence-electron chi connectivity index (χ4n) is 1.96. The Balaban J connectivity index is 2.12. The number of nitrogens with zero attached hydrogens (tertiary/aromatic N) is 2. The molecule has 1 aromatic carbocycles. The van der Waals surface area contributed by atoms with Gasteiger partial charge in [0.05, 0.1) is 20.2 Å². The molecule has 0 aliphatic heterocycles. The van der Waals surface area contributed by atoms with Crippen molar-refractivity contribution in [2.45, 2.75) is 33.0 Å². The second-order valence-electron chi connectivity index (χ2n) is 4.82. The van der Waals surface area contributed by atoms with Crippen LogP contribution in [0.15, 0.2) is 36.7 Å². The van der Waals surface area contributed by atoms with E-state index in [1.807, 2.05) is 30.6 Å². The molecule has 0 fully saturated rings. The van der Waals surface area contributed by atoms with Gasteiger partial charge in [-0.3, -0.25) is 0 Å². The van der Waals surface area contributed by atoms with Crippen molar-refractivity contribution in [1.82, 2.24) is 14.9 Å². The van der Waals surface area contributed by atoms with E-state index in [4.69, 9.17) is 4.74 Å². The molecule has 0 bridgehead atoms.